The Morgan fingerprint density at radius 3 is 1.90 bits per heavy atom. The quantitative estimate of drug-likeness (QED) is 0.0721. The van der Waals surface area contributed by atoms with Gasteiger partial charge in [-0.2, -0.15) is 26.3 Å². The predicted octanol–water partition coefficient (Wildman–Crippen LogP) is 6.36. The first kappa shape index (κ1) is 38.3. The number of carbonyl (C=O) groups is 5. The maximum Gasteiger partial charge on any atom is 0.513 e. The van der Waals surface area contributed by atoms with Gasteiger partial charge in [0.2, 0.25) is 5.41 Å². The molecule has 3 aromatic carbocycles. The van der Waals surface area contributed by atoms with Crippen molar-refractivity contribution in [1.82, 2.24) is 9.88 Å². The van der Waals surface area contributed by atoms with Crippen LogP contribution in [-0.4, -0.2) is 70.7 Å². The second-order valence-electron chi connectivity index (χ2n) is 11.0. The van der Waals surface area contributed by atoms with Gasteiger partial charge in [0, 0.05) is 19.7 Å². The third kappa shape index (κ3) is 8.28. The SMILES string of the molecule is CN(C)C(=O)c1cc(OC(=O)OCC(C(=O)O)(C(=O)O)c2ccccc2)ccc1NC(=O)c1ccc(C(F)(F)F)nc1-c1ccc(C(F)(F)F)cc1. The average molecular weight is 734 g/mol. The lowest BCUT2D eigenvalue weighted by atomic mass is 9.81. The number of ether oxygens (including phenoxy) is 2. The summed E-state index contributed by atoms with van der Waals surface area (Å²) in [6.07, 6.45) is -11.3. The van der Waals surface area contributed by atoms with Crippen LogP contribution in [0, 0.1) is 0 Å². The van der Waals surface area contributed by atoms with Gasteiger partial charge in [-0.1, -0.05) is 42.5 Å². The zero-order valence-corrected chi connectivity index (χ0v) is 26.7. The van der Waals surface area contributed by atoms with Crippen molar-refractivity contribution in [3.05, 3.63) is 113 Å². The Hall–Kier alpha value is -6.46. The molecule has 52 heavy (non-hydrogen) atoms. The minimum Gasteiger partial charge on any atom is -0.480 e. The molecule has 0 atom stereocenters. The van der Waals surface area contributed by atoms with E-state index in [2.05, 4.69) is 10.3 Å². The first-order chi connectivity index (χ1) is 24.2. The van der Waals surface area contributed by atoms with Crippen LogP contribution in [0.25, 0.3) is 11.3 Å². The summed E-state index contributed by atoms with van der Waals surface area (Å²) in [5, 5.41) is 21.9. The largest absolute Gasteiger partial charge is 0.513 e. The number of carbonyl (C=O) groups excluding carboxylic acids is 3. The third-order valence-corrected chi connectivity index (χ3v) is 7.40. The van der Waals surface area contributed by atoms with Crippen LogP contribution in [-0.2, 0) is 32.1 Å². The minimum atomic E-state index is -4.98. The minimum absolute atomic E-state index is 0.216. The number of hydrogen-bond donors (Lipinski definition) is 3. The molecule has 0 saturated heterocycles. The van der Waals surface area contributed by atoms with E-state index in [1.807, 2.05) is 0 Å². The van der Waals surface area contributed by atoms with Crippen LogP contribution >= 0.6 is 0 Å². The standard InChI is InChI=1S/C34H25F6N3O9/c1-43(2)28(45)23-16-21(52-31(50)51-17-32(29(46)47,30(48)49)19-6-4-3-5-7-19)12-14-24(23)41-27(44)22-13-15-25(34(38,39)40)42-26(22)18-8-10-20(11-9-18)33(35,36)37/h3-16H,17H2,1-2H3,(H,41,44)(H,46,47)(H,48,49). The van der Waals surface area contributed by atoms with E-state index in [1.165, 1.54) is 44.4 Å². The van der Waals surface area contributed by atoms with Crippen molar-refractivity contribution in [2.45, 2.75) is 17.8 Å². The van der Waals surface area contributed by atoms with E-state index < -0.39 is 82.5 Å². The van der Waals surface area contributed by atoms with Crippen LogP contribution in [0.15, 0.2) is 84.9 Å². The third-order valence-electron chi connectivity index (χ3n) is 7.40. The number of halogens is 6. The fourth-order valence-corrected chi connectivity index (χ4v) is 4.70. The summed E-state index contributed by atoms with van der Waals surface area (Å²) in [6, 6.07) is 13.8. The van der Waals surface area contributed by atoms with Crippen LogP contribution in [0.1, 0.15) is 37.5 Å². The predicted molar refractivity (Wildman–Crippen MR) is 167 cm³/mol. The number of amides is 2. The van der Waals surface area contributed by atoms with Crippen molar-refractivity contribution < 1.29 is 70.0 Å². The number of aliphatic carboxylic acids is 2. The van der Waals surface area contributed by atoms with Gasteiger partial charge in [-0.05, 0) is 48.0 Å². The molecule has 0 aliphatic heterocycles. The van der Waals surface area contributed by atoms with E-state index in [0.717, 1.165) is 41.3 Å². The van der Waals surface area contributed by atoms with Crippen molar-refractivity contribution in [3.8, 4) is 17.0 Å². The summed E-state index contributed by atoms with van der Waals surface area (Å²) in [4.78, 5) is 67.8. The number of aromatic nitrogens is 1. The monoisotopic (exact) mass is 733 g/mol. The lowest BCUT2D eigenvalue weighted by Gasteiger charge is -2.24. The van der Waals surface area contributed by atoms with E-state index in [4.69, 9.17) is 9.47 Å². The lowest BCUT2D eigenvalue weighted by Crippen LogP contribution is -2.48. The molecule has 3 N–H and O–H groups in total. The van der Waals surface area contributed by atoms with E-state index in [1.54, 1.807) is 0 Å². The van der Waals surface area contributed by atoms with Crippen molar-refractivity contribution in [3.63, 3.8) is 0 Å². The lowest BCUT2D eigenvalue weighted by molar-refractivity contribution is -0.160. The van der Waals surface area contributed by atoms with E-state index >= 15 is 0 Å². The van der Waals surface area contributed by atoms with Crippen LogP contribution in [0.4, 0.5) is 36.8 Å². The molecule has 12 nitrogen and oxygen atoms in total. The molecule has 0 saturated carbocycles. The smallest absolute Gasteiger partial charge is 0.480 e. The maximum absolute atomic E-state index is 13.5. The van der Waals surface area contributed by atoms with E-state index in [9.17, 15) is 60.5 Å². The maximum atomic E-state index is 13.5. The molecule has 0 radical (unpaired) electrons. The van der Waals surface area contributed by atoms with Gasteiger partial charge in [-0.25, -0.2) is 9.78 Å². The highest BCUT2D eigenvalue weighted by Gasteiger charge is 2.50. The van der Waals surface area contributed by atoms with Gasteiger partial charge in [0.25, 0.3) is 11.8 Å². The van der Waals surface area contributed by atoms with Crippen molar-refractivity contribution in [2.75, 3.05) is 26.0 Å². The molecular weight excluding hydrogens is 708 g/mol. The number of pyridine rings is 1. The highest BCUT2D eigenvalue weighted by Crippen LogP contribution is 2.35. The van der Waals surface area contributed by atoms with Gasteiger partial charge in [-0.15, -0.1) is 0 Å². The van der Waals surface area contributed by atoms with Crippen LogP contribution in [0.2, 0.25) is 0 Å². The second kappa shape index (κ2) is 14.8. The summed E-state index contributed by atoms with van der Waals surface area (Å²) in [5.41, 5.74) is -7.49. The Labute approximate surface area is 289 Å². The number of benzene rings is 3. The number of anilines is 1. The first-order valence-electron chi connectivity index (χ1n) is 14.6. The Morgan fingerprint density at radius 2 is 1.37 bits per heavy atom. The van der Waals surface area contributed by atoms with Gasteiger partial charge in [0.15, 0.2) is 0 Å². The molecule has 4 rings (SSSR count). The van der Waals surface area contributed by atoms with Crippen molar-refractivity contribution in [1.29, 1.82) is 0 Å². The molecular formula is C34H25F6N3O9. The van der Waals surface area contributed by atoms with E-state index in [-0.39, 0.29) is 22.4 Å². The Morgan fingerprint density at radius 1 is 0.750 bits per heavy atom. The number of carboxylic acid groups (broad SMARTS) is 2. The second-order valence-corrected chi connectivity index (χ2v) is 11.0. The molecule has 4 aromatic rings. The Bertz CT molecular complexity index is 2000. The van der Waals surface area contributed by atoms with Crippen molar-refractivity contribution >= 4 is 35.6 Å². The zero-order chi connectivity index (χ0) is 38.6. The van der Waals surface area contributed by atoms with Gasteiger partial charge in [0.05, 0.1) is 28.1 Å². The molecule has 18 heteroatoms. The first-order valence-corrected chi connectivity index (χ1v) is 14.6. The number of hydrogen-bond acceptors (Lipinski definition) is 8. The summed E-state index contributed by atoms with van der Waals surface area (Å²) in [6.45, 7) is -1.21. The molecule has 1 aromatic heterocycles. The molecule has 2 amide bonds. The zero-order valence-electron chi connectivity index (χ0n) is 26.7. The average Bonchev–Trinajstić information content (AvgIpc) is 3.08. The number of nitrogens with one attached hydrogen (secondary N) is 1. The molecule has 0 spiro atoms. The number of nitrogens with zero attached hydrogens (tertiary/aromatic N) is 2. The molecule has 0 bridgehead atoms. The molecule has 0 aliphatic carbocycles. The topological polar surface area (TPSA) is 172 Å². The fourth-order valence-electron chi connectivity index (χ4n) is 4.70. The van der Waals surface area contributed by atoms with Crippen LogP contribution < -0.4 is 10.1 Å². The van der Waals surface area contributed by atoms with Gasteiger partial charge >= 0.3 is 30.4 Å². The van der Waals surface area contributed by atoms with Crippen molar-refractivity contribution in [2.24, 2.45) is 0 Å². The molecule has 0 fully saturated rings. The highest BCUT2D eigenvalue weighted by molar-refractivity contribution is 6.11. The summed E-state index contributed by atoms with van der Waals surface area (Å²) >= 11 is 0. The fraction of sp³-hybridized carbons (Fsp3) is 0.176. The summed E-state index contributed by atoms with van der Waals surface area (Å²) < 4.78 is 89.9. The summed E-state index contributed by atoms with van der Waals surface area (Å²) in [5.74, 6) is -6.00. The van der Waals surface area contributed by atoms with Crippen LogP contribution in [0.5, 0.6) is 5.75 Å². The Kier molecular flexibility index (Phi) is 10.9. The van der Waals surface area contributed by atoms with Crippen LogP contribution in [0.3, 0.4) is 0 Å². The molecule has 1 heterocycles. The van der Waals surface area contributed by atoms with Gasteiger partial charge < -0.3 is 29.9 Å². The highest BCUT2D eigenvalue weighted by atomic mass is 19.4. The normalized spacial score (nSPS) is 11.7. The number of carboxylic acids is 2. The summed E-state index contributed by atoms with van der Waals surface area (Å²) in [7, 11) is 2.64. The Balaban J connectivity index is 1.64. The van der Waals surface area contributed by atoms with Gasteiger partial charge in [-0.3, -0.25) is 19.2 Å². The molecule has 272 valence electrons. The number of rotatable bonds is 10. The number of alkyl halides is 6. The van der Waals surface area contributed by atoms with E-state index in [0.29, 0.717) is 18.2 Å². The molecule has 0 unspecified atom stereocenters. The molecule has 0 aliphatic rings. The van der Waals surface area contributed by atoms with Gasteiger partial charge in [0.1, 0.15) is 18.1 Å².